The SMILES string of the molecule is CCCCOCCOC(CCOCC)COC(=O)O. The van der Waals surface area contributed by atoms with Crippen molar-refractivity contribution in [2.75, 3.05) is 39.6 Å². The van der Waals surface area contributed by atoms with Crippen LogP contribution in [0.2, 0.25) is 0 Å². The summed E-state index contributed by atoms with van der Waals surface area (Å²) in [7, 11) is 0. The Morgan fingerprint density at radius 1 is 1.11 bits per heavy atom. The van der Waals surface area contributed by atoms with E-state index < -0.39 is 6.16 Å². The Morgan fingerprint density at radius 3 is 2.53 bits per heavy atom. The molecule has 0 fully saturated rings. The first-order valence-electron chi connectivity index (χ1n) is 6.83. The maximum Gasteiger partial charge on any atom is 0.505 e. The van der Waals surface area contributed by atoms with Gasteiger partial charge in [0.25, 0.3) is 0 Å². The Bertz CT molecular complexity index is 209. The summed E-state index contributed by atoms with van der Waals surface area (Å²) in [6, 6.07) is 0. The minimum Gasteiger partial charge on any atom is -0.450 e. The highest BCUT2D eigenvalue weighted by Crippen LogP contribution is 2.01. The molecular weight excluding hydrogens is 252 g/mol. The van der Waals surface area contributed by atoms with Gasteiger partial charge in [-0.15, -0.1) is 0 Å². The third-order valence-electron chi connectivity index (χ3n) is 2.40. The van der Waals surface area contributed by atoms with E-state index in [9.17, 15) is 4.79 Å². The number of hydrogen-bond acceptors (Lipinski definition) is 5. The molecule has 19 heavy (non-hydrogen) atoms. The molecular formula is C13H26O6. The summed E-state index contributed by atoms with van der Waals surface area (Å²) >= 11 is 0. The smallest absolute Gasteiger partial charge is 0.450 e. The van der Waals surface area contributed by atoms with Crippen LogP contribution in [0.1, 0.15) is 33.1 Å². The Labute approximate surface area is 115 Å². The lowest BCUT2D eigenvalue weighted by atomic mass is 10.3. The molecule has 1 atom stereocenters. The number of hydrogen-bond donors (Lipinski definition) is 1. The van der Waals surface area contributed by atoms with Crippen LogP contribution in [0.5, 0.6) is 0 Å². The van der Waals surface area contributed by atoms with E-state index in [0.717, 1.165) is 19.4 Å². The molecule has 0 amide bonds. The van der Waals surface area contributed by atoms with E-state index in [0.29, 0.717) is 32.8 Å². The third-order valence-corrected chi connectivity index (χ3v) is 2.40. The molecule has 1 unspecified atom stereocenters. The number of ether oxygens (including phenoxy) is 4. The van der Waals surface area contributed by atoms with E-state index in [2.05, 4.69) is 11.7 Å². The van der Waals surface area contributed by atoms with Gasteiger partial charge in [0.2, 0.25) is 0 Å². The fourth-order valence-electron chi connectivity index (χ4n) is 1.36. The zero-order chi connectivity index (χ0) is 14.3. The molecule has 0 rings (SSSR count). The van der Waals surface area contributed by atoms with Crippen molar-refractivity contribution in [1.82, 2.24) is 0 Å². The summed E-state index contributed by atoms with van der Waals surface area (Å²) in [5, 5.41) is 8.47. The average molecular weight is 278 g/mol. The molecule has 0 bridgehead atoms. The molecule has 0 aromatic carbocycles. The van der Waals surface area contributed by atoms with Gasteiger partial charge in [-0.3, -0.25) is 0 Å². The summed E-state index contributed by atoms with van der Waals surface area (Å²) in [6.45, 7) is 6.87. The van der Waals surface area contributed by atoms with Crippen molar-refractivity contribution in [2.45, 2.75) is 39.2 Å². The van der Waals surface area contributed by atoms with E-state index >= 15 is 0 Å². The summed E-state index contributed by atoms with van der Waals surface area (Å²) in [5.74, 6) is 0. The maximum atomic E-state index is 10.3. The Balaban J connectivity index is 3.67. The predicted octanol–water partition coefficient (Wildman–Crippen LogP) is 2.31. The third kappa shape index (κ3) is 13.4. The van der Waals surface area contributed by atoms with Crippen LogP contribution in [0, 0.1) is 0 Å². The van der Waals surface area contributed by atoms with Crippen molar-refractivity contribution in [2.24, 2.45) is 0 Å². The van der Waals surface area contributed by atoms with Gasteiger partial charge >= 0.3 is 6.16 Å². The molecule has 6 nitrogen and oxygen atoms in total. The van der Waals surface area contributed by atoms with Crippen LogP contribution in [0.3, 0.4) is 0 Å². The minimum atomic E-state index is -1.29. The van der Waals surface area contributed by atoms with Crippen LogP contribution >= 0.6 is 0 Å². The topological polar surface area (TPSA) is 74.2 Å². The van der Waals surface area contributed by atoms with Gasteiger partial charge in [0.15, 0.2) is 0 Å². The van der Waals surface area contributed by atoms with Crippen molar-refractivity contribution in [3.05, 3.63) is 0 Å². The molecule has 0 saturated heterocycles. The zero-order valence-corrected chi connectivity index (χ0v) is 11.9. The van der Waals surface area contributed by atoms with Gasteiger partial charge in [-0.2, -0.15) is 0 Å². The number of carbonyl (C=O) groups is 1. The largest absolute Gasteiger partial charge is 0.505 e. The highest BCUT2D eigenvalue weighted by Gasteiger charge is 2.12. The molecule has 6 heteroatoms. The molecule has 0 aliphatic carbocycles. The van der Waals surface area contributed by atoms with Crippen LogP contribution in [-0.4, -0.2) is 57.0 Å². The fourth-order valence-corrected chi connectivity index (χ4v) is 1.36. The number of unbranched alkanes of at least 4 members (excludes halogenated alkanes) is 1. The normalized spacial score (nSPS) is 12.3. The predicted molar refractivity (Wildman–Crippen MR) is 70.6 cm³/mol. The summed E-state index contributed by atoms with van der Waals surface area (Å²) in [5.41, 5.74) is 0. The fraction of sp³-hybridized carbons (Fsp3) is 0.923. The lowest BCUT2D eigenvalue weighted by molar-refractivity contribution is -0.0425. The Morgan fingerprint density at radius 2 is 1.89 bits per heavy atom. The van der Waals surface area contributed by atoms with E-state index in [-0.39, 0.29) is 12.7 Å². The van der Waals surface area contributed by atoms with Gasteiger partial charge in [0.05, 0.1) is 19.3 Å². The van der Waals surface area contributed by atoms with Crippen molar-refractivity contribution in [3.8, 4) is 0 Å². The lowest BCUT2D eigenvalue weighted by Crippen LogP contribution is -2.25. The molecule has 1 N–H and O–H groups in total. The Kier molecular flexibility index (Phi) is 13.0. The van der Waals surface area contributed by atoms with Crippen LogP contribution in [0.15, 0.2) is 0 Å². The summed E-state index contributed by atoms with van der Waals surface area (Å²) in [6.07, 6.45) is 1.18. The van der Waals surface area contributed by atoms with Crippen LogP contribution in [0.25, 0.3) is 0 Å². The van der Waals surface area contributed by atoms with Gasteiger partial charge in [-0.1, -0.05) is 13.3 Å². The standard InChI is InChI=1S/C13H26O6/c1-3-5-7-17-9-10-18-12(6-8-16-4-2)11-19-13(14)15/h12H,3-11H2,1-2H3,(H,14,15). The Hall–Kier alpha value is -0.850. The minimum absolute atomic E-state index is 0.0252. The van der Waals surface area contributed by atoms with Crippen molar-refractivity contribution in [1.29, 1.82) is 0 Å². The first kappa shape index (κ1) is 18.1. The summed E-state index contributed by atoms with van der Waals surface area (Å²) in [4.78, 5) is 10.3. The molecule has 0 heterocycles. The molecule has 0 aromatic rings. The van der Waals surface area contributed by atoms with Crippen LogP contribution in [0.4, 0.5) is 4.79 Å². The molecule has 0 aliphatic rings. The number of rotatable bonds is 13. The van der Waals surface area contributed by atoms with E-state index in [1.165, 1.54) is 0 Å². The van der Waals surface area contributed by atoms with Gasteiger partial charge in [0, 0.05) is 26.2 Å². The second-order valence-electron chi connectivity index (χ2n) is 4.02. The molecule has 0 saturated carbocycles. The molecule has 0 aromatic heterocycles. The van der Waals surface area contributed by atoms with Gasteiger partial charge in [-0.05, 0) is 13.3 Å². The van der Waals surface area contributed by atoms with E-state index in [1.54, 1.807) is 0 Å². The lowest BCUT2D eigenvalue weighted by Gasteiger charge is -2.17. The second-order valence-corrected chi connectivity index (χ2v) is 4.02. The van der Waals surface area contributed by atoms with E-state index in [4.69, 9.17) is 19.3 Å². The summed E-state index contributed by atoms with van der Waals surface area (Å²) < 4.78 is 20.6. The average Bonchev–Trinajstić information content (AvgIpc) is 2.39. The molecule has 0 aliphatic heterocycles. The molecule has 0 radical (unpaired) electrons. The second kappa shape index (κ2) is 13.6. The van der Waals surface area contributed by atoms with Gasteiger partial charge in [0.1, 0.15) is 6.61 Å². The first-order valence-corrected chi connectivity index (χ1v) is 6.83. The maximum absolute atomic E-state index is 10.3. The zero-order valence-electron chi connectivity index (χ0n) is 11.9. The molecule has 114 valence electrons. The van der Waals surface area contributed by atoms with Crippen molar-refractivity contribution >= 4 is 6.16 Å². The first-order chi connectivity index (χ1) is 9.20. The molecule has 0 spiro atoms. The highest BCUT2D eigenvalue weighted by atomic mass is 16.7. The van der Waals surface area contributed by atoms with Gasteiger partial charge in [-0.25, -0.2) is 4.79 Å². The quantitative estimate of drug-likeness (QED) is 0.411. The van der Waals surface area contributed by atoms with Crippen LogP contribution < -0.4 is 0 Å². The van der Waals surface area contributed by atoms with E-state index in [1.807, 2.05) is 6.92 Å². The number of carboxylic acid groups (broad SMARTS) is 1. The highest BCUT2D eigenvalue weighted by molar-refractivity contribution is 5.56. The van der Waals surface area contributed by atoms with Crippen molar-refractivity contribution in [3.63, 3.8) is 0 Å². The monoisotopic (exact) mass is 278 g/mol. The van der Waals surface area contributed by atoms with Gasteiger partial charge < -0.3 is 24.1 Å². The van der Waals surface area contributed by atoms with Crippen LogP contribution in [-0.2, 0) is 18.9 Å². The van der Waals surface area contributed by atoms with Crippen molar-refractivity contribution < 1.29 is 28.8 Å².